The van der Waals surface area contributed by atoms with Crippen LogP contribution >= 0.6 is 0 Å². The van der Waals surface area contributed by atoms with Gasteiger partial charge in [0.15, 0.2) is 0 Å². The van der Waals surface area contributed by atoms with E-state index in [1.165, 1.54) is 20.8 Å². The number of aliphatic hydroxyl groups is 9. The third-order valence-corrected chi connectivity index (χ3v) is 17.7. The average Bonchev–Trinajstić information content (AvgIpc) is 0.825. The van der Waals surface area contributed by atoms with Crippen LogP contribution in [0.4, 0.5) is 0 Å². The zero-order valence-electron chi connectivity index (χ0n) is 59.3. The highest BCUT2D eigenvalue weighted by molar-refractivity contribution is 5.84. The standard InChI is InChI=1S/C67H122N8O24/c1-43(79)72-57-49(33-46(36-76)60(87)63(57)90)96-27-16-10-7-13-24-68-53(83)21-30-93-39-67(75-56(86)20-19-52(82)71-42-99-66(4,5)6,40-94-31-22-54(84)69-25-14-8-11-17-28-97-50-34-47(37-77)61(88)64(91)58(50)73-44(2)80)41-95-32-23-55(85)70-26-15-9-12-18-29-98-51-35-48(38-78)62(89)65(92)59(51)74-45(3)81/h46-51,57-65,76-78,87-92H,7-42H2,1-6H3,(H,68,83)(H,69,84)(H,70,85)(H,71,82)(H,72,79)(H,73,80)(H,74,81)(H,75,86)/t46?,47?,48?,49-,50-,51-,57?,58?,59?,60+,61+,62+,63-,64-,65-,67?/m1/s1. The van der Waals surface area contributed by atoms with Gasteiger partial charge < -0.3 is 122 Å². The van der Waals surface area contributed by atoms with E-state index in [4.69, 9.17) is 33.2 Å². The third-order valence-electron chi connectivity index (χ3n) is 17.7. The van der Waals surface area contributed by atoms with Gasteiger partial charge in [-0.15, -0.1) is 0 Å². The topological polar surface area (TPSA) is 479 Å². The summed E-state index contributed by atoms with van der Waals surface area (Å²) < 4.78 is 41.8. The van der Waals surface area contributed by atoms with Gasteiger partial charge in [0.2, 0.25) is 47.3 Å². The van der Waals surface area contributed by atoms with E-state index in [9.17, 15) is 84.3 Å². The van der Waals surface area contributed by atoms with E-state index in [1.807, 2.05) is 20.8 Å². The number of amides is 8. The molecule has 3 aliphatic rings. The van der Waals surface area contributed by atoms with Crippen molar-refractivity contribution in [2.75, 3.05) is 106 Å². The summed E-state index contributed by atoms with van der Waals surface area (Å²) in [6, 6.07) is -2.49. The lowest BCUT2D eigenvalue weighted by molar-refractivity contribution is -0.142. The molecule has 15 atom stereocenters. The normalized spacial score (nSPS) is 26.1. The van der Waals surface area contributed by atoms with Crippen LogP contribution in [0.25, 0.3) is 0 Å². The molecule has 574 valence electrons. The quantitative estimate of drug-likeness (QED) is 0.0224. The Labute approximate surface area is 582 Å². The Balaban J connectivity index is 1.57. The summed E-state index contributed by atoms with van der Waals surface area (Å²) in [6.07, 6.45) is -0.893. The van der Waals surface area contributed by atoms with Crippen LogP contribution in [-0.2, 0) is 71.5 Å². The maximum absolute atomic E-state index is 13.8. The van der Waals surface area contributed by atoms with Gasteiger partial charge in [0.1, 0.15) is 30.6 Å². The minimum absolute atomic E-state index is 0.0582. The van der Waals surface area contributed by atoms with Crippen molar-refractivity contribution in [3.8, 4) is 0 Å². The second-order valence-electron chi connectivity index (χ2n) is 27.4. The van der Waals surface area contributed by atoms with Gasteiger partial charge in [-0.05, 0) is 78.6 Å². The summed E-state index contributed by atoms with van der Waals surface area (Å²) in [4.78, 5) is 101. The third kappa shape index (κ3) is 35.7. The highest BCUT2D eigenvalue weighted by Crippen LogP contribution is 2.31. The maximum Gasteiger partial charge on any atom is 0.222 e. The van der Waals surface area contributed by atoms with E-state index < -0.39 is 114 Å². The second kappa shape index (κ2) is 48.9. The molecular weight excluding hydrogens is 1300 g/mol. The van der Waals surface area contributed by atoms with Crippen molar-refractivity contribution in [3.63, 3.8) is 0 Å². The first-order chi connectivity index (χ1) is 47.1. The lowest BCUT2D eigenvalue weighted by Crippen LogP contribution is -2.61. The predicted octanol–water partition coefficient (Wildman–Crippen LogP) is -2.37. The Bertz CT molecular complexity index is 2140. The van der Waals surface area contributed by atoms with Crippen molar-refractivity contribution in [3.05, 3.63) is 0 Å². The molecule has 0 spiro atoms. The summed E-state index contributed by atoms with van der Waals surface area (Å²) in [6.45, 7) is 9.28. The van der Waals surface area contributed by atoms with E-state index in [1.54, 1.807) is 0 Å². The minimum Gasteiger partial charge on any atom is -0.396 e. The van der Waals surface area contributed by atoms with Gasteiger partial charge in [-0.3, -0.25) is 38.4 Å². The van der Waals surface area contributed by atoms with E-state index in [2.05, 4.69) is 42.5 Å². The highest BCUT2D eigenvalue weighted by atomic mass is 16.5. The zero-order chi connectivity index (χ0) is 73.3. The van der Waals surface area contributed by atoms with E-state index in [-0.39, 0.29) is 153 Å². The molecule has 0 aliphatic heterocycles. The molecule has 32 heteroatoms. The van der Waals surface area contributed by atoms with Crippen LogP contribution in [-0.4, -0.2) is 283 Å². The number of carbonyl (C=O) groups is 8. The number of carbonyl (C=O) groups excluding carboxylic acids is 8. The first kappa shape index (κ1) is 88.3. The van der Waals surface area contributed by atoms with Crippen molar-refractivity contribution in [2.45, 2.75) is 254 Å². The van der Waals surface area contributed by atoms with Crippen LogP contribution < -0.4 is 42.5 Å². The predicted molar refractivity (Wildman–Crippen MR) is 358 cm³/mol. The number of nitrogens with one attached hydrogen (secondary N) is 8. The molecule has 3 fully saturated rings. The fourth-order valence-electron chi connectivity index (χ4n) is 12.1. The SMILES string of the molecule is CC(=O)NC1[C@@H](O)[C@@H](O)C(CO)C[C@H]1OCCCCCCNC(=O)CCOCC(COCCC(=O)NCCCCCCO[C@@H]1CC(CO)[C@H](O)[C@H](O)C1NC(C)=O)(COCCC(=O)NCCCCCCO[C@@H]1CC(CO)[C@H](O)[C@H](O)C1NC(C)=O)NC(=O)CCC(=O)NCOC(C)(C)C. The van der Waals surface area contributed by atoms with E-state index in [0.29, 0.717) is 78.0 Å². The molecule has 32 nitrogen and oxygen atoms in total. The van der Waals surface area contributed by atoms with Crippen LogP contribution in [0.3, 0.4) is 0 Å². The molecule has 0 aromatic carbocycles. The number of unbranched alkanes of at least 4 members (excludes halogenated alkanes) is 9. The monoisotopic (exact) mass is 1420 g/mol. The van der Waals surface area contributed by atoms with Gasteiger partial charge in [-0.1, -0.05) is 38.5 Å². The first-order valence-electron chi connectivity index (χ1n) is 35.5. The highest BCUT2D eigenvalue weighted by Gasteiger charge is 2.47. The Morgan fingerprint density at radius 3 is 0.960 bits per heavy atom. The molecule has 0 radical (unpaired) electrons. The average molecular weight is 1420 g/mol. The Kier molecular flexibility index (Phi) is 43.6. The molecular formula is C67H122N8O24. The van der Waals surface area contributed by atoms with Crippen LogP contribution in [0, 0.1) is 17.8 Å². The molecule has 3 aliphatic carbocycles. The van der Waals surface area contributed by atoms with Crippen molar-refractivity contribution >= 4 is 47.3 Å². The summed E-state index contributed by atoms with van der Waals surface area (Å²) in [5.41, 5.74) is -1.99. The molecule has 6 unspecified atom stereocenters. The molecule has 17 N–H and O–H groups in total. The molecule has 3 rings (SSSR count). The molecule has 0 heterocycles. The van der Waals surface area contributed by atoms with Crippen LogP contribution in [0.15, 0.2) is 0 Å². The van der Waals surface area contributed by atoms with Crippen molar-refractivity contribution in [2.24, 2.45) is 17.8 Å². The number of rotatable bonds is 51. The first-order valence-corrected chi connectivity index (χ1v) is 35.5. The fourth-order valence-corrected chi connectivity index (χ4v) is 12.1. The number of hydrogen-bond donors (Lipinski definition) is 17. The zero-order valence-corrected chi connectivity index (χ0v) is 59.3. The van der Waals surface area contributed by atoms with Gasteiger partial charge >= 0.3 is 0 Å². The molecule has 99 heavy (non-hydrogen) atoms. The fraction of sp³-hybridized carbons (Fsp3) is 0.881. The summed E-state index contributed by atoms with van der Waals surface area (Å²) in [7, 11) is 0. The van der Waals surface area contributed by atoms with Crippen molar-refractivity contribution in [1.82, 2.24) is 42.5 Å². The number of aliphatic hydroxyl groups excluding tert-OH is 9. The minimum atomic E-state index is -1.46. The lowest BCUT2D eigenvalue weighted by Gasteiger charge is -2.42. The van der Waals surface area contributed by atoms with E-state index >= 15 is 0 Å². The van der Waals surface area contributed by atoms with E-state index in [0.717, 1.165) is 38.5 Å². The molecule has 8 amide bonds. The van der Waals surface area contributed by atoms with Gasteiger partial charge in [-0.2, -0.15) is 0 Å². The molecule has 0 aromatic rings. The van der Waals surface area contributed by atoms with Gasteiger partial charge in [0, 0.05) is 130 Å². The van der Waals surface area contributed by atoms with Gasteiger partial charge in [0.05, 0.1) is 100.0 Å². The Hall–Kier alpha value is -4.88. The molecule has 0 bridgehead atoms. The van der Waals surface area contributed by atoms with Crippen LogP contribution in [0.5, 0.6) is 0 Å². The molecule has 0 aromatic heterocycles. The summed E-state index contributed by atoms with van der Waals surface area (Å²) >= 11 is 0. The van der Waals surface area contributed by atoms with Crippen LogP contribution in [0.1, 0.15) is 170 Å². The van der Waals surface area contributed by atoms with Crippen LogP contribution in [0.2, 0.25) is 0 Å². The Morgan fingerprint density at radius 2 is 0.667 bits per heavy atom. The van der Waals surface area contributed by atoms with Crippen molar-refractivity contribution < 1.29 is 117 Å². The second-order valence-corrected chi connectivity index (χ2v) is 27.4. The number of ether oxygens (including phenoxy) is 7. The van der Waals surface area contributed by atoms with Crippen molar-refractivity contribution in [1.29, 1.82) is 0 Å². The summed E-state index contributed by atoms with van der Waals surface area (Å²) in [5, 5.41) is 114. The largest absolute Gasteiger partial charge is 0.396 e. The Morgan fingerprint density at radius 1 is 0.374 bits per heavy atom. The summed E-state index contributed by atoms with van der Waals surface area (Å²) in [5.74, 6) is -4.88. The molecule has 0 saturated heterocycles. The lowest BCUT2D eigenvalue weighted by atomic mass is 9.79. The van der Waals surface area contributed by atoms with Gasteiger partial charge in [-0.25, -0.2) is 0 Å². The smallest absolute Gasteiger partial charge is 0.222 e. The van der Waals surface area contributed by atoms with Gasteiger partial charge in [0.25, 0.3) is 0 Å². The number of hydrogen-bond acceptors (Lipinski definition) is 24. The molecule has 3 saturated carbocycles. The maximum atomic E-state index is 13.8.